The van der Waals surface area contributed by atoms with Crippen molar-refractivity contribution in [2.24, 2.45) is 5.84 Å². The SMILES string of the molecule is CN1CCN(C)C(CNC(=O)c2ccc(NN)cn2)C1. The van der Waals surface area contributed by atoms with Crippen LogP contribution in [-0.4, -0.2) is 67.0 Å². The van der Waals surface area contributed by atoms with Gasteiger partial charge in [-0.1, -0.05) is 0 Å². The highest BCUT2D eigenvalue weighted by atomic mass is 16.1. The summed E-state index contributed by atoms with van der Waals surface area (Å²) in [7, 11) is 4.19. The Labute approximate surface area is 119 Å². The molecule has 0 bridgehead atoms. The average Bonchev–Trinajstić information content (AvgIpc) is 2.48. The van der Waals surface area contributed by atoms with Crippen LogP contribution in [0.3, 0.4) is 0 Å². The van der Waals surface area contributed by atoms with Gasteiger partial charge in [0.2, 0.25) is 0 Å². The molecule has 1 aromatic heterocycles. The van der Waals surface area contributed by atoms with Gasteiger partial charge in [-0.05, 0) is 26.2 Å². The first-order valence-corrected chi connectivity index (χ1v) is 6.70. The standard InChI is InChI=1S/C13H22N6O/c1-18-5-6-19(2)11(9-18)8-16-13(20)12-4-3-10(17-14)7-15-12/h3-4,7,11,17H,5-6,8-9,14H2,1-2H3,(H,16,20). The fraction of sp³-hybridized carbons (Fsp3) is 0.538. The molecule has 0 saturated carbocycles. The summed E-state index contributed by atoms with van der Waals surface area (Å²) >= 11 is 0. The molecule has 1 unspecified atom stereocenters. The van der Waals surface area contributed by atoms with Crippen molar-refractivity contribution >= 4 is 11.6 Å². The van der Waals surface area contributed by atoms with E-state index in [2.05, 4.69) is 39.6 Å². The predicted molar refractivity (Wildman–Crippen MR) is 78.3 cm³/mol. The first-order chi connectivity index (χ1) is 9.60. The summed E-state index contributed by atoms with van der Waals surface area (Å²) < 4.78 is 0. The van der Waals surface area contributed by atoms with Crippen LogP contribution in [0.2, 0.25) is 0 Å². The molecule has 110 valence electrons. The molecule has 0 aliphatic carbocycles. The summed E-state index contributed by atoms with van der Waals surface area (Å²) in [6, 6.07) is 3.71. The third kappa shape index (κ3) is 3.66. The highest BCUT2D eigenvalue weighted by Gasteiger charge is 2.22. The zero-order valence-corrected chi connectivity index (χ0v) is 12.0. The number of piperazine rings is 1. The molecule has 1 aliphatic heterocycles. The van der Waals surface area contributed by atoms with E-state index in [4.69, 9.17) is 5.84 Å². The number of nitrogens with zero attached hydrogens (tertiary/aromatic N) is 3. The van der Waals surface area contributed by atoms with Crippen LogP contribution in [0.1, 0.15) is 10.5 Å². The minimum Gasteiger partial charge on any atom is -0.349 e. The van der Waals surface area contributed by atoms with E-state index in [1.165, 1.54) is 6.20 Å². The summed E-state index contributed by atoms with van der Waals surface area (Å²) in [5.41, 5.74) is 3.56. The quantitative estimate of drug-likeness (QED) is 0.501. The van der Waals surface area contributed by atoms with Gasteiger partial charge in [0.15, 0.2) is 0 Å². The lowest BCUT2D eigenvalue weighted by molar-refractivity contribution is 0.0877. The van der Waals surface area contributed by atoms with Crippen LogP contribution < -0.4 is 16.6 Å². The summed E-state index contributed by atoms with van der Waals surface area (Å²) in [5.74, 6) is 5.10. The number of carbonyl (C=O) groups is 1. The second-order valence-electron chi connectivity index (χ2n) is 5.18. The van der Waals surface area contributed by atoms with E-state index in [1.54, 1.807) is 12.1 Å². The number of hydrogen-bond acceptors (Lipinski definition) is 6. The van der Waals surface area contributed by atoms with Gasteiger partial charge < -0.3 is 15.6 Å². The average molecular weight is 278 g/mol. The number of carbonyl (C=O) groups excluding carboxylic acids is 1. The number of pyridine rings is 1. The first-order valence-electron chi connectivity index (χ1n) is 6.70. The molecule has 7 heteroatoms. The number of hydrogen-bond donors (Lipinski definition) is 3. The molecule has 4 N–H and O–H groups in total. The van der Waals surface area contributed by atoms with Crippen LogP contribution in [0.5, 0.6) is 0 Å². The number of amides is 1. The van der Waals surface area contributed by atoms with E-state index in [0.29, 0.717) is 24.0 Å². The Morgan fingerprint density at radius 3 is 2.90 bits per heavy atom. The van der Waals surface area contributed by atoms with Gasteiger partial charge in [-0.25, -0.2) is 4.98 Å². The van der Waals surface area contributed by atoms with Crippen LogP contribution in [0, 0.1) is 0 Å². The van der Waals surface area contributed by atoms with Gasteiger partial charge in [0.1, 0.15) is 5.69 Å². The Morgan fingerprint density at radius 1 is 1.45 bits per heavy atom. The molecule has 0 radical (unpaired) electrons. The minimum absolute atomic E-state index is 0.157. The second-order valence-corrected chi connectivity index (χ2v) is 5.18. The van der Waals surface area contributed by atoms with Gasteiger partial charge in [0.05, 0.1) is 11.9 Å². The molecule has 1 amide bonds. The van der Waals surface area contributed by atoms with Crippen molar-refractivity contribution in [2.45, 2.75) is 6.04 Å². The molecular formula is C13H22N6O. The minimum atomic E-state index is -0.157. The monoisotopic (exact) mass is 278 g/mol. The van der Waals surface area contributed by atoms with E-state index in [0.717, 1.165) is 19.6 Å². The van der Waals surface area contributed by atoms with E-state index in [1.807, 2.05) is 0 Å². The van der Waals surface area contributed by atoms with E-state index in [-0.39, 0.29) is 5.91 Å². The van der Waals surface area contributed by atoms with Crippen LogP contribution >= 0.6 is 0 Å². The highest BCUT2D eigenvalue weighted by molar-refractivity contribution is 5.92. The zero-order valence-electron chi connectivity index (χ0n) is 12.0. The molecule has 1 aliphatic rings. The first kappa shape index (κ1) is 14.7. The van der Waals surface area contributed by atoms with Crippen molar-refractivity contribution in [3.05, 3.63) is 24.0 Å². The van der Waals surface area contributed by atoms with Gasteiger partial charge in [-0.2, -0.15) is 0 Å². The smallest absolute Gasteiger partial charge is 0.269 e. The normalized spacial score (nSPS) is 20.6. The molecule has 0 spiro atoms. The third-order valence-electron chi connectivity index (χ3n) is 3.64. The lowest BCUT2D eigenvalue weighted by Crippen LogP contribution is -2.54. The molecule has 7 nitrogen and oxygen atoms in total. The fourth-order valence-electron chi connectivity index (χ4n) is 2.24. The van der Waals surface area contributed by atoms with Crippen LogP contribution in [-0.2, 0) is 0 Å². The lowest BCUT2D eigenvalue weighted by Gasteiger charge is -2.37. The Morgan fingerprint density at radius 2 is 2.25 bits per heavy atom. The third-order valence-corrected chi connectivity index (χ3v) is 3.64. The number of hydrazine groups is 1. The van der Waals surface area contributed by atoms with Crippen LogP contribution in [0.25, 0.3) is 0 Å². The van der Waals surface area contributed by atoms with E-state index in [9.17, 15) is 4.79 Å². The number of rotatable bonds is 4. The summed E-state index contributed by atoms with van der Waals surface area (Å²) in [6.07, 6.45) is 1.54. The van der Waals surface area contributed by atoms with Crippen molar-refractivity contribution in [1.29, 1.82) is 0 Å². The molecule has 2 rings (SSSR count). The Hall–Kier alpha value is -1.70. The maximum Gasteiger partial charge on any atom is 0.269 e. The summed E-state index contributed by atoms with van der Waals surface area (Å²) in [4.78, 5) is 20.6. The maximum atomic E-state index is 12.0. The van der Waals surface area contributed by atoms with E-state index < -0.39 is 0 Å². The number of likely N-dealkylation sites (N-methyl/N-ethyl adjacent to an activating group) is 2. The predicted octanol–water partition coefficient (Wildman–Crippen LogP) is -0.657. The molecule has 1 aromatic rings. The largest absolute Gasteiger partial charge is 0.349 e. The molecule has 1 fully saturated rings. The fourth-order valence-corrected chi connectivity index (χ4v) is 2.24. The molecular weight excluding hydrogens is 256 g/mol. The summed E-state index contributed by atoms with van der Waals surface area (Å²) in [6.45, 7) is 3.67. The number of nitrogen functional groups attached to an aromatic ring is 1. The summed E-state index contributed by atoms with van der Waals surface area (Å²) in [5, 5.41) is 2.94. The lowest BCUT2D eigenvalue weighted by atomic mass is 10.2. The Kier molecular flexibility index (Phi) is 4.89. The van der Waals surface area contributed by atoms with Gasteiger partial charge in [0.25, 0.3) is 5.91 Å². The van der Waals surface area contributed by atoms with Crippen molar-refractivity contribution < 1.29 is 4.79 Å². The second kappa shape index (κ2) is 6.65. The highest BCUT2D eigenvalue weighted by Crippen LogP contribution is 2.06. The number of anilines is 1. The van der Waals surface area contributed by atoms with Crippen molar-refractivity contribution in [1.82, 2.24) is 20.1 Å². The van der Waals surface area contributed by atoms with Crippen molar-refractivity contribution in [2.75, 3.05) is 45.7 Å². The number of nitrogens with two attached hydrogens (primary N) is 1. The zero-order chi connectivity index (χ0) is 14.5. The van der Waals surface area contributed by atoms with Gasteiger partial charge >= 0.3 is 0 Å². The van der Waals surface area contributed by atoms with E-state index >= 15 is 0 Å². The maximum absolute atomic E-state index is 12.0. The van der Waals surface area contributed by atoms with Crippen LogP contribution in [0.15, 0.2) is 18.3 Å². The Balaban J connectivity index is 1.87. The Bertz CT molecular complexity index is 449. The van der Waals surface area contributed by atoms with Crippen molar-refractivity contribution in [3.63, 3.8) is 0 Å². The molecule has 2 heterocycles. The van der Waals surface area contributed by atoms with Gasteiger partial charge in [-0.3, -0.25) is 15.5 Å². The van der Waals surface area contributed by atoms with Gasteiger partial charge in [0, 0.05) is 32.2 Å². The topological polar surface area (TPSA) is 86.5 Å². The molecule has 1 atom stereocenters. The van der Waals surface area contributed by atoms with Gasteiger partial charge in [-0.15, -0.1) is 0 Å². The van der Waals surface area contributed by atoms with Crippen LogP contribution in [0.4, 0.5) is 5.69 Å². The number of aromatic nitrogens is 1. The number of nitrogens with one attached hydrogen (secondary N) is 2. The van der Waals surface area contributed by atoms with Crippen molar-refractivity contribution in [3.8, 4) is 0 Å². The molecule has 0 aromatic carbocycles. The molecule has 20 heavy (non-hydrogen) atoms. The molecule has 1 saturated heterocycles.